The number of carbonyl (C=O) groups excluding carboxylic acids is 1. The highest BCUT2D eigenvalue weighted by atomic mass is 16.4. The van der Waals surface area contributed by atoms with E-state index in [1.165, 1.54) is 0 Å². The first kappa shape index (κ1) is 13.8. The Morgan fingerprint density at radius 3 is 2.24 bits per heavy atom. The number of urea groups is 1. The second-order valence-corrected chi connectivity index (χ2v) is 4.53. The molecule has 0 saturated heterocycles. The zero-order chi connectivity index (χ0) is 13.0. The number of carboxylic acid groups (broad SMARTS) is 1. The molecule has 0 aliphatic heterocycles. The molecule has 1 atom stereocenters. The van der Waals surface area contributed by atoms with Crippen molar-refractivity contribution in [3.8, 4) is 0 Å². The molecule has 1 aliphatic carbocycles. The maximum Gasteiger partial charge on any atom is 0.320 e. The van der Waals surface area contributed by atoms with Crippen LogP contribution in [0.2, 0.25) is 0 Å². The summed E-state index contributed by atoms with van der Waals surface area (Å²) in [5.74, 6) is -0.863. The van der Waals surface area contributed by atoms with E-state index in [4.69, 9.17) is 5.11 Å². The van der Waals surface area contributed by atoms with Gasteiger partial charge in [0.05, 0.1) is 6.42 Å². The van der Waals surface area contributed by atoms with E-state index < -0.39 is 5.97 Å². The highest BCUT2D eigenvalue weighted by molar-refractivity contribution is 5.76. The summed E-state index contributed by atoms with van der Waals surface area (Å²) < 4.78 is 0. The molecule has 0 aromatic rings. The second kappa shape index (κ2) is 5.89. The maximum atomic E-state index is 12.3. The smallest absolute Gasteiger partial charge is 0.320 e. The van der Waals surface area contributed by atoms with Gasteiger partial charge in [0.2, 0.25) is 0 Å². The Bertz CT molecular complexity index is 289. The van der Waals surface area contributed by atoms with E-state index >= 15 is 0 Å². The lowest BCUT2D eigenvalue weighted by atomic mass is 10.2. The molecule has 1 rings (SSSR count). The number of carbonyl (C=O) groups is 2. The summed E-state index contributed by atoms with van der Waals surface area (Å²) in [5, 5.41) is 8.78. The predicted molar refractivity (Wildman–Crippen MR) is 64.9 cm³/mol. The quantitative estimate of drug-likeness (QED) is 0.772. The van der Waals surface area contributed by atoms with Gasteiger partial charge in [-0.1, -0.05) is 0 Å². The third-order valence-corrected chi connectivity index (χ3v) is 3.16. The summed E-state index contributed by atoms with van der Waals surface area (Å²) in [6.45, 7) is 6.88. The van der Waals surface area contributed by atoms with Crippen molar-refractivity contribution in [3.63, 3.8) is 0 Å². The molecule has 0 bridgehead atoms. The van der Waals surface area contributed by atoms with E-state index in [9.17, 15) is 9.59 Å². The average Bonchev–Trinajstić information content (AvgIpc) is 3.03. The van der Waals surface area contributed by atoms with E-state index in [0.29, 0.717) is 19.1 Å². The monoisotopic (exact) mass is 242 g/mol. The van der Waals surface area contributed by atoms with Crippen molar-refractivity contribution >= 4 is 12.0 Å². The number of hydrogen-bond donors (Lipinski definition) is 1. The van der Waals surface area contributed by atoms with Crippen LogP contribution in [0.15, 0.2) is 0 Å². The molecule has 0 radical (unpaired) electrons. The fourth-order valence-corrected chi connectivity index (χ4v) is 2.10. The Balaban J connectivity index is 2.64. The number of aliphatic carboxylic acids is 1. The average molecular weight is 242 g/mol. The first-order valence-electron chi connectivity index (χ1n) is 6.30. The number of rotatable bonds is 6. The van der Waals surface area contributed by atoms with Gasteiger partial charge in [0.1, 0.15) is 0 Å². The summed E-state index contributed by atoms with van der Waals surface area (Å²) in [6.07, 6.45) is 2.15. The second-order valence-electron chi connectivity index (χ2n) is 4.53. The zero-order valence-electron chi connectivity index (χ0n) is 10.8. The van der Waals surface area contributed by atoms with Crippen molar-refractivity contribution in [1.82, 2.24) is 9.80 Å². The number of carboxylic acids is 1. The van der Waals surface area contributed by atoms with Gasteiger partial charge in [-0.3, -0.25) is 4.79 Å². The molecular formula is C12H22N2O3. The van der Waals surface area contributed by atoms with Crippen LogP contribution in [-0.4, -0.2) is 52.1 Å². The molecule has 1 aliphatic rings. The largest absolute Gasteiger partial charge is 0.481 e. The van der Waals surface area contributed by atoms with Crippen LogP contribution in [0.4, 0.5) is 4.79 Å². The molecule has 5 heteroatoms. The SMILES string of the molecule is CCN(C(=O)N(CC)C1CC1)C(C)CC(=O)O. The van der Waals surface area contributed by atoms with Gasteiger partial charge < -0.3 is 14.9 Å². The molecule has 1 N–H and O–H groups in total. The Hall–Kier alpha value is -1.26. The Morgan fingerprint density at radius 1 is 1.29 bits per heavy atom. The molecule has 17 heavy (non-hydrogen) atoms. The topological polar surface area (TPSA) is 60.9 Å². The zero-order valence-corrected chi connectivity index (χ0v) is 10.8. The van der Waals surface area contributed by atoms with E-state index in [0.717, 1.165) is 12.8 Å². The van der Waals surface area contributed by atoms with Gasteiger partial charge in [-0.15, -0.1) is 0 Å². The minimum Gasteiger partial charge on any atom is -0.481 e. The third-order valence-electron chi connectivity index (χ3n) is 3.16. The van der Waals surface area contributed by atoms with Crippen LogP contribution in [0.25, 0.3) is 0 Å². The highest BCUT2D eigenvalue weighted by Crippen LogP contribution is 2.27. The van der Waals surface area contributed by atoms with Crippen LogP contribution in [0.3, 0.4) is 0 Å². The summed E-state index contributed by atoms with van der Waals surface area (Å²) in [4.78, 5) is 26.5. The fraction of sp³-hybridized carbons (Fsp3) is 0.833. The van der Waals surface area contributed by atoms with Crippen molar-refractivity contribution in [1.29, 1.82) is 0 Å². The summed E-state index contributed by atoms with van der Waals surface area (Å²) in [7, 11) is 0. The molecule has 1 fully saturated rings. The van der Waals surface area contributed by atoms with Crippen LogP contribution < -0.4 is 0 Å². The molecule has 1 saturated carbocycles. The summed E-state index contributed by atoms with van der Waals surface area (Å²) >= 11 is 0. The van der Waals surface area contributed by atoms with Gasteiger partial charge >= 0.3 is 12.0 Å². The number of nitrogens with zero attached hydrogens (tertiary/aromatic N) is 2. The van der Waals surface area contributed by atoms with Crippen LogP contribution in [-0.2, 0) is 4.79 Å². The Kier molecular flexibility index (Phi) is 4.78. The third kappa shape index (κ3) is 3.61. The number of hydrogen-bond acceptors (Lipinski definition) is 2. The summed E-state index contributed by atoms with van der Waals surface area (Å²) in [5.41, 5.74) is 0. The van der Waals surface area contributed by atoms with Crippen LogP contribution in [0, 0.1) is 0 Å². The molecule has 0 heterocycles. The maximum absolute atomic E-state index is 12.3. The highest BCUT2D eigenvalue weighted by Gasteiger charge is 2.34. The molecule has 0 aromatic carbocycles. The van der Waals surface area contributed by atoms with Gasteiger partial charge in [0.25, 0.3) is 0 Å². The lowest BCUT2D eigenvalue weighted by molar-refractivity contribution is -0.138. The fourth-order valence-electron chi connectivity index (χ4n) is 2.10. The predicted octanol–water partition coefficient (Wildman–Crippen LogP) is 1.78. The van der Waals surface area contributed by atoms with Gasteiger partial charge in [0.15, 0.2) is 0 Å². The van der Waals surface area contributed by atoms with Crippen molar-refractivity contribution in [2.75, 3.05) is 13.1 Å². The van der Waals surface area contributed by atoms with E-state index in [1.54, 1.807) is 11.8 Å². The minimum absolute atomic E-state index is 0.00179. The van der Waals surface area contributed by atoms with Gasteiger partial charge in [0, 0.05) is 25.2 Å². The van der Waals surface area contributed by atoms with Crippen molar-refractivity contribution in [2.45, 2.75) is 52.1 Å². The lowest BCUT2D eigenvalue weighted by Gasteiger charge is -2.33. The molecule has 2 amide bonds. The van der Waals surface area contributed by atoms with Crippen molar-refractivity contribution in [3.05, 3.63) is 0 Å². The number of amides is 2. The first-order valence-corrected chi connectivity index (χ1v) is 6.30. The van der Waals surface area contributed by atoms with Crippen LogP contribution >= 0.6 is 0 Å². The van der Waals surface area contributed by atoms with Gasteiger partial charge in [-0.25, -0.2) is 4.79 Å². The van der Waals surface area contributed by atoms with E-state index in [2.05, 4.69) is 0 Å². The van der Waals surface area contributed by atoms with Crippen molar-refractivity contribution in [2.24, 2.45) is 0 Å². The van der Waals surface area contributed by atoms with Gasteiger partial charge in [-0.2, -0.15) is 0 Å². The van der Waals surface area contributed by atoms with E-state index in [-0.39, 0.29) is 18.5 Å². The molecular weight excluding hydrogens is 220 g/mol. The first-order chi connectivity index (χ1) is 8.01. The molecule has 1 unspecified atom stereocenters. The molecule has 0 spiro atoms. The van der Waals surface area contributed by atoms with Crippen molar-refractivity contribution < 1.29 is 14.7 Å². The van der Waals surface area contributed by atoms with E-state index in [1.807, 2.05) is 18.7 Å². The Morgan fingerprint density at radius 2 is 1.88 bits per heavy atom. The lowest BCUT2D eigenvalue weighted by Crippen LogP contribution is -2.48. The standard InChI is InChI=1S/C12H22N2O3/c1-4-13(9(3)8-11(15)16)12(17)14(5-2)10-6-7-10/h9-10H,4-8H2,1-3H3,(H,15,16). The summed E-state index contributed by atoms with van der Waals surface area (Å²) in [6, 6.07) is 0.0997. The minimum atomic E-state index is -0.863. The molecule has 5 nitrogen and oxygen atoms in total. The molecule has 0 aromatic heterocycles. The normalized spacial score (nSPS) is 16.4. The Labute approximate surface area is 102 Å². The molecule has 98 valence electrons. The van der Waals surface area contributed by atoms with Gasteiger partial charge in [-0.05, 0) is 33.6 Å². The van der Waals surface area contributed by atoms with Crippen LogP contribution in [0.5, 0.6) is 0 Å². The van der Waals surface area contributed by atoms with Crippen LogP contribution in [0.1, 0.15) is 40.0 Å².